The average molecular weight is 381 g/mol. The number of halogens is 1. The van der Waals surface area contributed by atoms with Gasteiger partial charge in [0.15, 0.2) is 0 Å². The highest BCUT2D eigenvalue weighted by Gasteiger charge is 2.44. The number of rotatable bonds is 5. The maximum Gasteiger partial charge on any atom is 0.327 e. The molecule has 1 aliphatic rings. The Kier molecular flexibility index (Phi) is 4.85. The standard InChI is InChI=1S/C22H21ClN2O2/c1-2-27-21(26)22(12-15-6-3-4-7-16(15)13-22)25-14-17-9-10-19(23)18-8-5-11-24-20(17)18/h3-11,25H,2,12-14H2,1H3. The first-order chi connectivity index (χ1) is 13.1. The van der Waals surface area contributed by atoms with E-state index in [-0.39, 0.29) is 5.97 Å². The zero-order valence-electron chi connectivity index (χ0n) is 15.2. The molecular formula is C22H21ClN2O2. The van der Waals surface area contributed by atoms with Gasteiger partial charge in [0.1, 0.15) is 5.54 Å². The first-order valence-electron chi connectivity index (χ1n) is 9.14. The molecule has 1 heterocycles. The van der Waals surface area contributed by atoms with E-state index in [1.54, 1.807) is 6.20 Å². The molecule has 1 aromatic heterocycles. The van der Waals surface area contributed by atoms with Crippen LogP contribution in [-0.2, 0) is 28.9 Å². The predicted octanol–water partition coefficient (Wildman–Crippen LogP) is 4.08. The first-order valence-corrected chi connectivity index (χ1v) is 9.52. The van der Waals surface area contributed by atoms with Crippen molar-refractivity contribution in [1.82, 2.24) is 10.3 Å². The summed E-state index contributed by atoms with van der Waals surface area (Å²) in [5.74, 6) is -0.201. The Morgan fingerprint density at radius 1 is 1.15 bits per heavy atom. The predicted molar refractivity (Wildman–Crippen MR) is 107 cm³/mol. The third-order valence-corrected chi connectivity index (χ3v) is 5.52. The molecule has 0 amide bonds. The molecule has 4 nitrogen and oxygen atoms in total. The van der Waals surface area contributed by atoms with Crippen LogP contribution in [0.4, 0.5) is 0 Å². The molecule has 5 heteroatoms. The lowest BCUT2D eigenvalue weighted by atomic mass is 9.95. The number of nitrogens with zero attached hydrogens (tertiary/aromatic N) is 1. The molecule has 0 saturated carbocycles. The van der Waals surface area contributed by atoms with Gasteiger partial charge in [-0.15, -0.1) is 0 Å². The molecule has 27 heavy (non-hydrogen) atoms. The number of nitrogens with one attached hydrogen (secondary N) is 1. The van der Waals surface area contributed by atoms with E-state index < -0.39 is 5.54 Å². The van der Waals surface area contributed by atoms with E-state index in [0.717, 1.165) is 16.5 Å². The summed E-state index contributed by atoms with van der Waals surface area (Å²) < 4.78 is 5.42. The molecule has 138 valence electrons. The van der Waals surface area contributed by atoms with E-state index >= 15 is 0 Å². The lowest BCUT2D eigenvalue weighted by molar-refractivity contribution is -0.151. The largest absolute Gasteiger partial charge is 0.465 e. The molecule has 0 radical (unpaired) electrons. The van der Waals surface area contributed by atoms with Crippen LogP contribution in [0.25, 0.3) is 10.9 Å². The third kappa shape index (κ3) is 3.31. The number of aromatic nitrogens is 1. The topological polar surface area (TPSA) is 51.2 Å². The van der Waals surface area contributed by atoms with Gasteiger partial charge in [-0.2, -0.15) is 0 Å². The van der Waals surface area contributed by atoms with Gasteiger partial charge in [-0.05, 0) is 41.8 Å². The Morgan fingerprint density at radius 2 is 1.89 bits per heavy atom. The van der Waals surface area contributed by atoms with Gasteiger partial charge in [-0.1, -0.05) is 41.9 Å². The Bertz CT molecular complexity index is 978. The van der Waals surface area contributed by atoms with E-state index in [1.807, 2.05) is 43.3 Å². The van der Waals surface area contributed by atoms with Crippen LogP contribution in [0.15, 0.2) is 54.7 Å². The number of carbonyl (C=O) groups excluding carboxylic acids is 1. The third-order valence-electron chi connectivity index (χ3n) is 5.19. The van der Waals surface area contributed by atoms with Gasteiger partial charge >= 0.3 is 5.97 Å². The summed E-state index contributed by atoms with van der Waals surface area (Å²) in [6, 6.07) is 15.9. The minimum absolute atomic E-state index is 0.201. The van der Waals surface area contributed by atoms with Crippen LogP contribution >= 0.6 is 11.6 Å². The smallest absolute Gasteiger partial charge is 0.327 e. The molecule has 3 aromatic rings. The van der Waals surface area contributed by atoms with Crippen LogP contribution < -0.4 is 5.32 Å². The van der Waals surface area contributed by atoms with Crippen molar-refractivity contribution in [3.8, 4) is 0 Å². The summed E-state index contributed by atoms with van der Waals surface area (Å²) in [7, 11) is 0. The lowest BCUT2D eigenvalue weighted by Crippen LogP contribution is -2.53. The van der Waals surface area contributed by atoms with Crippen LogP contribution in [0.5, 0.6) is 0 Å². The number of hydrogen-bond donors (Lipinski definition) is 1. The Morgan fingerprint density at radius 3 is 2.59 bits per heavy atom. The second-order valence-corrected chi connectivity index (χ2v) is 7.29. The minimum Gasteiger partial charge on any atom is -0.465 e. The van der Waals surface area contributed by atoms with Crippen molar-refractivity contribution in [3.63, 3.8) is 0 Å². The average Bonchev–Trinajstić information content (AvgIpc) is 3.08. The molecule has 0 bridgehead atoms. The molecule has 2 aromatic carbocycles. The van der Waals surface area contributed by atoms with Crippen molar-refractivity contribution in [3.05, 3.63) is 76.4 Å². The summed E-state index contributed by atoms with van der Waals surface area (Å²) in [5.41, 5.74) is 3.50. The fraction of sp³-hybridized carbons (Fsp3) is 0.273. The van der Waals surface area contributed by atoms with Gasteiger partial charge in [0, 0.05) is 36.0 Å². The highest BCUT2D eigenvalue weighted by atomic mass is 35.5. The molecule has 0 atom stereocenters. The number of hydrogen-bond acceptors (Lipinski definition) is 4. The van der Waals surface area contributed by atoms with Crippen molar-refractivity contribution >= 4 is 28.5 Å². The van der Waals surface area contributed by atoms with Crippen molar-refractivity contribution in [2.24, 2.45) is 0 Å². The normalized spacial score (nSPS) is 14.9. The fourth-order valence-electron chi connectivity index (χ4n) is 3.83. The first kappa shape index (κ1) is 18.0. The van der Waals surface area contributed by atoms with E-state index in [4.69, 9.17) is 16.3 Å². The number of benzene rings is 2. The second-order valence-electron chi connectivity index (χ2n) is 6.88. The summed E-state index contributed by atoms with van der Waals surface area (Å²) in [5, 5.41) is 5.09. The van der Waals surface area contributed by atoms with Crippen LogP contribution in [0, 0.1) is 0 Å². The maximum absolute atomic E-state index is 12.9. The molecule has 1 aliphatic carbocycles. The van der Waals surface area contributed by atoms with Crippen LogP contribution in [0.2, 0.25) is 5.02 Å². The lowest BCUT2D eigenvalue weighted by Gasteiger charge is -2.28. The van der Waals surface area contributed by atoms with E-state index in [2.05, 4.69) is 22.4 Å². The van der Waals surface area contributed by atoms with Gasteiger partial charge in [-0.25, -0.2) is 0 Å². The number of ether oxygens (including phenoxy) is 1. The molecule has 0 spiro atoms. The van der Waals surface area contributed by atoms with Gasteiger partial charge in [0.05, 0.1) is 12.1 Å². The molecule has 1 N–H and O–H groups in total. The van der Waals surface area contributed by atoms with E-state index in [9.17, 15) is 4.79 Å². The van der Waals surface area contributed by atoms with Crippen LogP contribution in [0.1, 0.15) is 23.6 Å². The monoisotopic (exact) mass is 380 g/mol. The van der Waals surface area contributed by atoms with E-state index in [1.165, 1.54) is 11.1 Å². The second kappa shape index (κ2) is 7.29. The fourth-order valence-corrected chi connectivity index (χ4v) is 4.04. The number of fused-ring (bicyclic) bond motifs is 2. The van der Waals surface area contributed by atoms with Gasteiger partial charge in [0.2, 0.25) is 0 Å². The zero-order valence-corrected chi connectivity index (χ0v) is 15.9. The van der Waals surface area contributed by atoms with Crippen molar-refractivity contribution in [2.45, 2.75) is 31.8 Å². The SMILES string of the molecule is CCOC(=O)C1(NCc2ccc(Cl)c3cccnc23)Cc2ccccc2C1. The Balaban J connectivity index is 1.65. The number of pyridine rings is 1. The molecule has 0 fully saturated rings. The van der Waals surface area contributed by atoms with E-state index in [0.29, 0.717) is 31.0 Å². The highest BCUT2D eigenvalue weighted by molar-refractivity contribution is 6.35. The molecule has 4 rings (SSSR count). The molecular weight excluding hydrogens is 360 g/mol. The summed E-state index contributed by atoms with van der Waals surface area (Å²) in [6.45, 7) is 2.71. The molecule has 0 aliphatic heterocycles. The van der Waals surface area contributed by atoms with Crippen LogP contribution in [-0.4, -0.2) is 23.1 Å². The van der Waals surface area contributed by atoms with Crippen molar-refractivity contribution < 1.29 is 9.53 Å². The summed E-state index contributed by atoms with van der Waals surface area (Å²) >= 11 is 6.30. The van der Waals surface area contributed by atoms with Crippen molar-refractivity contribution in [2.75, 3.05) is 6.61 Å². The number of carbonyl (C=O) groups is 1. The Labute approximate surface area is 163 Å². The van der Waals surface area contributed by atoms with Crippen molar-refractivity contribution in [1.29, 1.82) is 0 Å². The molecule has 0 unspecified atom stereocenters. The highest BCUT2D eigenvalue weighted by Crippen LogP contribution is 2.32. The summed E-state index contributed by atoms with van der Waals surface area (Å²) in [4.78, 5) is 17.3. The number of esters is 1. The quantitative estimate of drug-likeness (QED) is 0.678. The van der Waals surface area contributed by atoms with Crippen LogP contribution in [0.3, 0.4) is 0 Å². The van der Waals surface area contributed by atoms with Gasteiger partial charge < -0.3 is 4.74 Å². The minimum atomic E-state index is -0.750. The zero-order chi connectivity index (χ0) is 18.9. The molecule has 0 saturated heterocycles. The van der Waals surface area contributed by atoms with Gasteiger partial charge in [-0.3, -0.25) is 15.1 Å². The van der Waals surface area contributed by atoms with Gasteiger partial charge in [0.25, 0.3) is 0 Å². The maximum atomic E-state index is 12.9. The summed E-state index contributed by atoms with van der Waals surface area (Å²) in [6.07, 6.45) is 3.01. The Hall–Kier alpha value is -2.43.